The highest BCUT2D eigenvalue weighted by atomic mass is 16.7. The van der Waals surface area contributed by atoms with Crippen molar-refractivity contribution in [3.63, 3.8) is 0 Å². The molecule has 2 heterocycles. The van der Waals surface area contributed by atoms with Crippen molar-refractivity contribution in [2.45, 2.75) is 124 Å². The van der Waals surface area contributed by atoms with Gasteiger partial charge in [0.25, 0.3) is 0 Å². The zero-order chi connectivity index (χ0) is 29.7. The zero-order valence-electron chi connectivity index (χ0n) is 26.4. The number of Topliss-reactive ketones (excluding diaryl/α,β-unsaturated/α-hetero) is 1. The second-order valence-electron chi connectivity index (χ2n) is 13.1. The Hall–Kier alpha value is -1.70. The summed E-state index contributed by atoms with van der Waals surface area (Å²) in [5, 5.41) is 0. The van der Waals surface area contributed by atoms with E-state index in [0.717, 1.165) is 76.6 Å². The Bertz CT molecular complexity index is 851. The van der Waals surface area contributed by atoms with Gasteiger partial charge in [-0.05, 0) is 94.5 Å². The van der Waals surface area contributed by atoms with Gasteiger partial charge in [-0.3, -0.25) is 9.59 Å². The molecule has 7 nitrogen and oxygen atoms in total. The van der Waals surface area contributed by atoms with Crippen molar-refractivity contribution < 1.29 is 33.3 Å². The Labute approximate surface area is 248 Å². The Morgan fingerprint density at radius 3 is 2.39 bits per heavy atom. The third-order valence-corrected chi connectivity index (χ3v) is 8.87. The van der Waals surface area contributed by atoms with Crippen molar-refractivity contribution in [3.8, 4) is 0 Å². The number of carbonyl (C=O) groups excluding carboxylic acids is 2. The molecule has 234 valence electrons. The van der Waals surface area contributed by atoms with E-state index in [-0.39, 0.29) is 41.6 Å². The van der Waals surface area contributed by atoms with Gasteiger partial charge in [0.2, 0.25) is 0 Å². The second kappa shape index (κ2) is 17.4. The molecule has 0 aromatic carbocycles. The van der Waals surface area contributed by atoms with E-state index in [4.69, 9.17) is 23.7 Å². The van der Waals surface area contributed by atoms with E-state index in [9.17, 15) is 9.59 Å². The highest BCUT2D eigenvalue weighted by Gasteiger charge is 2.43. The number of rotatable bonds is 16. The van der Waals surface area contributed by atoms with E-state index in [0.29, 0.717) is 32.0 Å². The summed E-state index contributed by atoms with van der Waals surface area (Å²) in [4.78, 5) is 26.0. The monoisotopic (exact) mass is 576 g/mol. The Balaban J connectivity index is 1.69. The molecule has 1 aliphatic carbocycles. The summed E-state index contributed by atoms with van der Waals surface area (Å²) in [6.45, 7) is 11.0. The third-order valence-electron chi connectivity index (χ3n) is 8.87. The number of ether oxygens (including phenoxy) is 5. The Morgan fingerprint density at radius 2 is 1.76 bits per heavy atom. The van der Waals surface area contributed by atoms with Crippen molar-refractivity contribution in [3.05, 3.63) is 24.0 Å². The van der Waals surface area contributed by atoms with Crippen LogP contribution in [0.25, 0.3) is 0 Å². The summed E-state index contributed by atoms with van der Waals surface area (Å²) in [6.07, 6.45) is 17.6. The summed E-state index contributed by atoms with van der Waals surface area (Å²) >= 11 is 0. The number of hydrogen-bond donors (Lipinski definition) is 0. The first-order chi connectivity index (χ1) is 19.7. The molecule has 6 atom stereocenters. The summed E-state index contributed by atoms with van der Waals surface area (Å²) in [6, 6.07) is 0. The standard InChI is InChI=1S/C34H56O7/c1-6-7-8-13-28(33(36)37-5)32-26(16-17-29(32)35)22-27(41-31-15-10-12-21-39-31)23-34(3,4)19-18-25(2)24-40-30-14-9-11-20-38-30/h6-7,22,25-26,28,30-32H,8-21,23-24H2,1-5H3/t25?,26-,28?,30?,31?,32-/m1/s1. The molecule has 0 amide bonds. The predicted molar refractivity (Wildman–Crippen MR) is 160 cm³/mol. The SMILES string of the molecule is CC=CCCC(C(=O)OC)[C@@H]1C(=O)CC[C@@H]1C=C(CC(C)(C)CCC(C)COC1CCCCO1)OC1CCCCO1. The highest BCUT2D eigenvalue weighted by Crippen LogP contribution is 2.41. The van der Waals surface area contributed by atoms with Gasteiger partial charge >= 0.3 is 5.97 Å². The van der Waals surface area contributed by atoms with Gasteiger partial charge in [0.15, 0.2) is 12.6 Å². The van der Waals surface area contributed by atoms with Crippen LogP contribution in [0.5, 0.6) is 0 Å². The van der Waals surface area contributed by atoms with Crippen LogP contribution in [-0.4, -0.2) is 51.3 Å². The van der Waals surface area contributed by atoms with E-state index in [1.807, 2.05) is 19.1 Å². The van der Waals surface area contributed by atoms with Crippen LogP contribution in [0.3, 0.4) is 0 Å². The van der Waals surface area contributed by atoms with Crippen molar-refractivity contribution >= 4 is 11.8 Å². The van der Waals surface area contributed by atoms with Crippen molar-refractivity contribution in [1.82, 2.24) is 0 Å². The molecule has 0 N–H and O–H groups in total. The molecule has 3 aliphatic rings. The first kappa shape index (κ1) is 33.8. The van der Waals surface area contributed by atoms with E-state index in [2.05, 4.69) is 26.8 Å². The van der Waals surface area contributed by atoms with Crippen LogP contribution >= 0.6 is 0 Å². The van der Waals surface area contributed by atoms with Crippen molar-refractivity contribution in [2.24, 2.45) is 29.1 Å². The largest absolute Gasteiger partial charge is 0.470 e. The fraction of sp³-hybridized carbons (Fsp3) is 0.824. The average molecular weight is 577 g/mol. The minimum Gasteiger partial charge on any atom is -0.470 e. The molecular weight excluding hydrogens is 520 g/mol. The molecule has 1 saturated carbocycles. The van der Waals surface area contributed by atoms with E-state index < -0.39 is 5.92 Å². The highest BCUT2D eigenvalue weighted by molar-refractivity contribution is 5.89. The predicted octanol–water partition coefficient (Wildman–Crippen LogP) is 7.53. The normalized spacial score (nSPS) is 27.6. The number of hydrogen-bond acceptors (Lipinski definition) is 7. The number of carbonyl (C=O) groups is 2. The quantitative estimate of drug-likeness (QED) is 0.107. The third kappa shape index (κ3) is 11.5. The fourth-order valence-corrected chi connectivity index (χ4v) is 6.39. The van der Waals surface area contributed by atoms with Gasteiger partial charge in [0, 0.05) is 31.8 Å². The van der Waals surface area contributed by atoms with Crippen molar-refractivity contribution in [2.75, 3.05) is 26.9 Å². The molecule has 4 unspecified atom stereocenters. The van der Waals surface area contributed by atoms with Crippen LogP contribution in [0.2, 0.25) is 0 Å². The van der Waals surface area contributed by atoms with Crippen LogP contribution in [0.15, 0.2) is 24.0 Å². The van der Waals surface area contributed by atoms with Gasteiger partial charge in [-0.2, -0.15) is 0 Å². The van der Waals surface area contributed by atoms with Gasteiger partial charge in [0.05, 0.1) is 32.0 Å². The maximum Gasteiger partial charge on any atom is 0.309 e. The molecule has 0 aromatic heterocycles. The molecule has 3 rings (SSSR count). The summed E-state index contributed by atoms with van der Waals surface area (Å²) in [7, 11) is 1.42. The molecule has 0 radical (unpaired) electrons. The maximum atomic E-state index is 13.1. The van der Waals surface area contributed by atoms with Gasteiger partial charge < -0.3 is 23.7 Å². The van der Waals surface area contributed by atoms with Crippen LogP contribution in [0, 0.1) is 29.1 Å². The smallest absolute Gasteiger partial charge is 0.309 e. The fourth-order valence-electron chi connectivity index (χ4n) is 6.39. The topological polar surface area (TPSA) is 80.3 Å². The minimum absolute atomic E-state index is 0.0120. The summed E-state index contributed by atoms with van der Waals surface area (Å²) in [5.41, 5.74) is -0.0120. The van der Waals surface area contributed by atoms with Crippen LogP contribution < -0.4 is 0 Å². The van der Waals surface area contributed by atoms with E-state index in [1.54, 1.807) is 0 Å². The van der Waals surface area contributed by atoms with Crippen molar-refractivity contribution in [1.29, 1.82) is 0 Å². The first-order valence-electron chi connectivity index (χ1n) is 16.2. The first-order valence-corrected chi connectivity index (χ1v) is 16.2. The Morgan fingerprint density at radius 1 is 1.05 bits per heavy atom. The molecule has 0 bridgehead atoms. The lowest BCUT2D eigenvalue weighted by atomic mass is 9.78. The summed E-state index contributed by atoms with van der Waals surface area (Å²) < 4.78 is 29.4. The summed E-state index contributed by atoms with van der Waals surface area (Å²) in [5.74, 6) is 0.330. The van der Waals surface area contributed by atoms with E-state index >= 15 is 0 Å². The van der Waals surface area contributed by atoms with Crippen LogP contribution in [-0.2, 0) is 33.3 Å². The molecule has 3 fully saturated rings. The number of allylic oxidation sites excluding steroid dienone is 4. The molecule has 2 saturated heterocycles. The zero-order valence-corrected chi connectivity index (χ0v) is 26.4. The molecular formula is C34H56O7. The van der Waals surface area contributed by atoms with Crippen LogP contribution in [0.1, 0.15) is 111 Å². The second-order valence-corrected chi connectivity index (χ2v) is 13.1. The van der Waals surface area contributed by atoms with Gasteiger partial charge in [0.1, 0.15) is 5.78 Å². The molecule has 2 aliphatic heterocycles. The molecule has 41 heavy (non-hydrogen) atoms. The molecule has 7 heteroatoms. The lowest BCUT2D eigenvalue weighted by Gasteiger charge is -2.32. The number of ketones is 1. The molecule has 0 aromatic rings. The lowest BCUT2D eigenvalue weighted by molar-refractivity contribution is -0.168. The Kier molecular flexibility index (Phi) is 14.4. The number of esters is 1. The minimum atomic E-state index is -0.443. The number of methoxy groups -OCH3 is 1. The van der Waals surface area contributed by atoms with Gasteiger partial charge in [-0.25, -0.2) is 0 Å². The van der Waals surface area contributed by atoms with E-state index in [1.165, 1.54) is 13.5 Å². The van der Waals surface area contributed by atoms with Crippen LogP contribution in [0.4, 0.5) is 0 Å². The lowest BCUT2D eigenvalue weighted by Crippen LogP contribution is -2.32. The molecule has 0 spiro atoms. The maximum absolute atomic E-state index is 13.1. The van der Waals surface area contributed by atoms with Gasteiger partial charge in [-0.1, -0.05) is 32.9 Å². The average Bonchev–Trinajstić information content (AvgIpc) is 3.32. The van der Waals surface area contributed by atoms with Gasteiger partial charge in [-0.15, -0.1) is 0 Å².